The fourth-order valence-electron chi connectivity index (χ4n) is 2.47. The quantitative estimate of drug-likeness (QED) is 0.643. The van der Waals surface area contributed by atoms with Gasteiger partial charge in [-0.05, 0) is 6.07 Å². The van der Waals surface area contributed by atoms with Gasteiger partial charge in [0.1, 0.15) is 5.56 Å². The lowest BCUT2D eigenvalue weighted by atomic mass is 10.1. The van der Waals surface area contributed by atoms with Crippen molar-refractivity contribution in [1.29, 1.82) is 0 Å². The molecule has 3 rings (SSSR count). The number of H-pyrrole nitrogens is 1. The molecule has 0 saturated carbocycles. The Kier molecular flexibility index (Phi) is 5.11. The van der Waals surface area contributed by atoms with Gasteiger partial charge in [0.2, 0.25) is 0 Å². The smallest absolute Gasteiger partial charge is 0.328 e. The van der Waals surface area contributed by atoms with E-state index in [0.29, 0.717) is 5.69 Å². The molecule has 3 aromatic rings. The number of nitrogens with zero attached hydrogens (tertiary/aromatic N) is 3. The van der Waals surface area contributed by atoms with Crippen molar-refractivity contribution in [2.75, 3.05) is 6.54 Å². The molecule has 0 saturated heterocycles. The Morgan fingerprint density at radius 3 is 2.59 bits per heavy atom. The van der Waals surface area contributed by atoms with Crippen molar-refractivity contribution < 1.29 is 4.79 Å². The summed E-state index contributed by atoms with van der Waals surface area (Å²) in [6, 6.07) is 12.4. The maximum Gasteiger partial charge on any atom is 0.328 e. The minimum Gasteiger partial charge on any atom is -0.350 e. The molecule has 2 N–H and O–H groups in total. The number of carbonyl (C=O) groups excluding carboxylic acids is 1. The fourth-order valence-corrected chi connectivity index (χ4v) is 2.47. The third-order valence-corrected chi connectivity index (χ3v) is 3.97. The molecule has 0 fully saturated rings. The van der Waals surface area contributed by atoms with E-state index in [2.05, 4.69) is 15.4 Å². The summed E-state index contributed by atoms with van der Waals surface area (Å²) in [7, 11) is 1.27. The zero-order valence-electron chi connectivity index (χ0n) is 14.5. The maximum absolute atomic E-state index is 12.1. The molecule has 0 aliphatic heterocycles. The Bertz CT molecular complexity index is 1140. The van der Waals surface area contributed by atoms with Gasteiger partial charge in [-0.15, -0.1) is 0 Å². The van der Waals surface area contributed by atoms with Gasteiger partial charge in [-0.1, -0.05) is 30.3 Å². The number of carbonyl (C=O) groups is 1. The van der Waals surface area contributed by atoms with Gasteiger partial charge in [0, 0.05) is 31.4 Å². The van der Waals surface area contributed by atoms with Crippen LogP contribution < -0.4 is 22.1 Å². The first-order valence-corrected chi connectivity index (χ1v) is 8.18. The second-order valence-corrected chi connectivity index (χ2v) is 5.77. The van der Waals surface area contributed by atoms with Gasteiger partial charge in [-0.2, -0.15) is 5.10 Å². The van der Waals surface area contributed by atoms with Crippen molar-refractivity contribution in [3.63, 3.8) is 0 Å². The molecule has 27 heavy (non-hydrogen) atoms. The zero-order chi connectivity index (χ0) is 19.4. The molecule has 2 heterocycles. The number of amides is 1. The molecule has 9 heteroatoms. The number of hydrogen-bond acceptors (Lipinski definition) is 5. The minimum atomic E-state index is -0.697. The van der Waals surface area contributed by atoms with Crippen LogP contribution >= 0.6 is 0 Å². The fraction of sp³-hybridized carbons (Fsp3) is 0.167. The lowest BCUT2D eigenvalue weighted by molar-refractivity contribution is 0.0949. The molecule has 2 aromatic heterocycles. The van der Waals surface area contributed by atoms with Gasteiger partial charge in [0.05, 0.1) is 12.2 Å². The topological polar surface area (TPSA) is 119 Å². The zero-order valence-corrected chi connectivity index (χ0v) is 14.5. The summed E-state index contributed by atoms with van der Waals surface area (Å²) in [6.07, 6.45) is 1.07. The van der Waals surface area contributed by atoms with Crippen molar-refractivity contribution in [3.8, 4) is 11.3 Å². The van der Waals surface area contributed by atoms with E-state index >= 15 is 0 Å². The molecule has 138 valence electrons. The van der Waals surface area contributed by atoms with Gasteiger partial charge >= 0.3 is 5.69 Å². The molecule has 0 atom stereocenters. The number of benzene rings is 1. The summed E-state index contributed by atoms with van der Waals surface area (Å²) in [4.78, 5) is 49.7. The van der Waals surface area contributed by atoms with Crippen LogP contribution in [-0.2, 0) is 13.6 Å². The van der Waals surface area contributed by atoms with Gasteiger partial charge < -0.3 is 10.3 Å². The SMILES string of the molecule is Cn1c(=O)[nH]cc(C(=O)NCCn2nc(-c3ccccc3)ccc2=O)c1=O. The third-order valence-electron chi connectivity index (χ3n) is 3.97. The summed E-state index contributed by atoms with van der Waals surface area (Å²) < 4.78 is 2.05. The molecule has 0 aliphatic rings. The van der Waals surface area contributed by atoms with Crippen LogP contribution in [-0.4, -0.2) is 31.8 Å². The highest BCUT2D eigenvalue weighted by Gasteiger charge is 2.12. The Balaban J connectivity index is 1.71. The first-order chi connectivity index (χ1) is 13.0. The maximum atomic E-state index is 12.1. The van der Waals surface area contributed by atoms with E-state index < -0.39 is 17.2 Å². The van der Waals surface area contributed by atoms with E-state index in [9.17, 15) is 19.2 Å². The second-order valence-electron chi connectivity index (χ2n) is 5.77. The van der Waals surface area contributed by atoms with Crippen LogP contribution in [0.25, 0.3) is 11.3 Å². The average molecular weight is 367 g/mol. The van der Waals surface area contributed by atoms with Crippen LogP contribution in [0.4, 0.5) is 0 Å². The van der Waals surface area contributed by atoms with E-state index in [1.807, 2.05) is 30.3 Å². The first kappa shape index (κ1) is 18.1. The Morgan fingerprint density at radius 1 is 1.11 bits per heavy atom. The summed E-state index contributed by atoms with van der Waals surface area (Å²) >= 11 is 0. The second kappa shape index (κ2) is 7.65. The van der Waals surface area contributed by atoms with Gasteiger partial charge in [-0.25, -0.2) is 9.48 Å². The molecular weight excluding hydrogens is 350 g/mol. The highest BCUT2D eigenvalue weighted by molar-refractivity contribution is 5.93. The number of aromatic amines is 1. The summed E-state index contributed by atoms with van der Waals surface area (Å²) in [5, 5.41) is 6.84. The van der Waals surface area contributed by atoms with Crippen LogP contribution in [0.2, 0.25) is 0 Å². The summed E-state index contributed by atoms with van der Waals surface area (Å²) in [5.41, 5.74) is -0.287. The molecule has 0 spiro atoms. The lowest BCUT2D eigenvalue weighted by Crippen LogP contribution is -2.40. The van der Waals surface area contributed by atoms with Crippen molar-refractivity contribution >= 4 is 5.91 Å². The molecule has 0 bridgehead atoms. The first-order valence-electron chi connectivity index (χ1n) is 8.18. The predicted octanol–water partition coefficient (Wildman–Crippen LogP) is -0.273. The van der Waals surface area contributed by atoms with Crippen molar-refractivity contribution in [2.24, 2.45) is 7.05 Å². The summed E-state index contributed by atoms with van der Waals surface area (Å²) in [5.74, 6) is -0.640. The van der Waals surface area contributed by atoms with E-state index in [0.717, 1.165) is 16.3 Å². The lowest BCUT2D eigenvalue weighted by Gasteiger charge is -2.08. The molecule has 0 unspecified atom stereocenters. The highest BCUT2D eigenvalue weighted by Crippen LogP contribution is 2.13. The molecule has 1 amide bonds. The molecule has 1 aromatic carbocycles. The molecular formula is C18H17N5O4. The van der Waals surface area contributed by atoms with Crippen molar-refractivity contribution in [3.05, 3.63) is 85.4 Å². The van der Waals surface area contributed by atoms with E-state index in [-0.39, 0.29) is 24.2 Å². The van der Waals surface area contributed by atoms with Crippen LogP contribution in [0.3, 0.4) is 0 Å². The van der Waals surface area contributed by atoms with Crippen molar-refractivity contribution in [2.45, 2.75) is 6.54 Å². The van der Waals surface area contributed by atoms with Gasteiger partial charge in [0.25, 0.3) is 17.0 Å². The number of hydrogen-bond donors (Lipinski definition) is 2. The number of nitrogens with one attached hydrogen (secondary N) is 2. The normalized spacial score (nSPS) is 10.6. The van der Waals surface area contributed by atoms with E-state index in [1.165, 1.54) is 17.8 Å². The molecule has 9 nitrogen and oxygen atoms in total. The third kappa shape index (κ3) is 3.92. The highest BCUT2D eigenvalue weighted by atomic mass is 16.2. The standard InChI is InChI=1S/C18H17N5O4/c1-22-17(26)13(11-20-18(22)27)16(25)19-9-10-23-15(24)8-7-14(21-23)12-5-3-2-4-6-12/h2-8,11H,9-10H2,1H3,(H,19,25)(H,20,27). The minimum absolute atomic E-state index is 0.0895. The van der Waals surface area contributed by atoms with Gasteiger partial charge in [0.15, 0.2) is 0 Å². The van der Waals surface area contributed by atoms with E-state index in [1.54, 1.807) is 6.07 Å². The molecule has 0 radical (unpaired) electrons. The number of aromatic nitrogens is 4. The predicted molar refractivity (Wildman–Crippen MR) is 98.6 cm³/mol. The average Bonchev–Trinajstić information content (AvgIpc) is 2.68. The Labute approximate surface area is 152 Å². The van der Waals surface area contributed by atoms with Crippen LogP contribution in [0.15, 0.2) is 63.0 Å². The Morgan fingerprint density at radius 2 is 1.85 bits per heavy atom. The summed E-state index contributed by atoms with van der Waals surface area (Å²) in [6.45, 7) is 0.223. The Hall–Kier alpha value is -3.75. The van der Waals surface area contributed by atoms with Crippen LogP contribution in [0.1, 0.15) is 10.4 Å². The monoisotopic (exact) mass is 367 g/mol. The van der Waals surface area contributed by atoms with E-state index in [4.69, 9.17) is 0 Å². The largest absolute Gasteiger partial charge is 0.350 e. The number of rotatable bonds is 5. The van der Waals surface area contributed by atoms with Crippen LogP contribution in [0, 0.1) is 0 Å². The van der Waals surface area contributed by atoms with Crippen molar-refractivity contribution in [1.82, 2.24) is 24.6 Å². The van der Waals surface area contributed by atoms with Crippen LogP contribution in [0.5, 0.6) is 0 Å². The molecule has 0 aliphatic carbocycles. The van der Waals surface area contributed by atoms with Gasteiger partial charge in [-0.3, -0.25) is 19.0 Å².